The lowest BCUT2D eigenvalue weighted by Gasteiger charge is -2.36. The molecule has 5 rings (SSSR count). The predicted octanol–water partition coefficient (Wildman–Crippen LogP) is 2.35. The van der Waals surface area contributed by atoms with Crippen LogP contribution in [0.4, 0.5) is 4.79 Å². The number of guanidine groups is 1. The lowest BCUT2D eigenvalue weighted by atomic mass is 10.1. The van der Waals surface area contributed by atoms with Gasteiger partial charge in [0.2, 0.25) is 5.96 Å². The number of benzene rings is 2. The number of likely N-dealkylation sites (N-methyl/N-ethyl adjacent to an activating group) is 2. The maximum atomic E-state index is 12.4. The highest BCUT2D eigenvalue weighted by atomic mass is 16.2. The fourth-order valence-electron chi connectivity index (χ4n) is 4.53. The van der Waals surface area contributed by atoms with E-state index in [2.05, 4.69) is 75.6 Å². The van der Waals surface area contributed by atoms with Crippen LogP contribution in [0.15, 0.2) is 58.6 Å². The van der Waals surface area contributed by atoms with Crippen LogP contribution in [0.5, 0.6) is 0 Å². The summed E-state index contributed by atoms with van der Waals surface area (Å²) in [5.74, 6) is 0.0404. The minimum Gasteiger partial charge on any atom is -0.340 e. The van der Waals surface area contributed by atoms with Crippen LogP contribution in [0.25, 0.3) is 16.5 Å². The number of fused-ring (bicyclic) bond motifs is 2. The Morgan fingerprint density at radius 2 is 1.85 bits per heavy atom. The van der Waals surface area contributed by atoms with Gasteiger partial charge in [0.05, 0.1) is 11.9 Å². The van der Waals surface area contributed by atoms with Crippen LogP contribution in [0.3, 0.4) is 0 Å². The van der Waals surface area contributed by atoms with Gasteiger partial charge in [-0.05, 0) is 31.4 Å². The van der Waals surface area contributed by atoms with Crippen molar-refractivity contribution in [2.24, 2.45) is 10.1 Å². The highest BCUT2D eigenvalue weighted by Gasteiger charge is 2.46. The van der Waals surface area contributed by atoms with E-state index >= 15 is 0 Å². The number of nitrogens with one attached hydrogen (secondary N) is 2. The van der Waals surface area contributed by atoms with Gasteiger partial charge in [0, 0.05) is 36.4 Å². The molecule has 33 heavy (non-hydrogen) atoms. The number of amides is 3. The quantitative estimate of drug-likeness (QED) is 0.480. The average molecular weight is 444 g/mol. The Balaban J connectivity index is 1.38. The number of aryl methyl sites for hydroxylation is 1. The third kappa shape index (κ3) is 3.32. The van der Waals surface area contributed by atoms with Gasteiger partial charge in [-0.1, -0.05) is 36.4 Å². The average Bonchev–Trinajstić information content (AvgIpc) is 3.37. The second kappa shape index (κ2) is 7.77. The van der Waals surface area contributed by atoms with Crippen LogP contribution in [0, 0.1) is 13.8 Å². The Morgan fingerprint density at radius 1 is 1.09 bits per heavy atom. The first kappa shape index (κ1) is 20.7. The Morgan fingerprint density at radius 3 is 2.67 bits per heavy atom. The lowest BCUT2D eigenvalue weighted by Crippen LogP contribution is -2.63. The summed E-state index contributed by atoms with van der Waals surface area (Å²) in [6, 6.07) is 15.7. The molecular weight excluding hydrogens is 418 g/mol. The number of nitrogens with zero attached hydrogens (tertiary/aromatic N) is 5. The first-order valence-corrected chi connectivity index (χ1v) is 10.7. The molecule has 0 aliphatic carbocycles. The van der Waals surface area contributed by atoms with Crippen molar-refractivity contribution in [2.75, 3.05) is 14.1 Å². The summed E-state index contributed by atoms with van der Waals surface area (Å²) in [4.78, 5) is 31.5. The van der Waals surface area contributed by atoms with Gasteiger partial charge in [-0.3, -0.25) is 9.69 Å². The molecule has 3 aromatic rings. The van der Waals surface area contributed by atoms with Crippen molar-refractivity contribution in [3.8, 4) is 5.69 Å². The Kier molecular flexibility index (Phi) is 4.88. The van der Waals surface area contributed by atoms with E-state index in [1.165, 1.54) is 22.7 Å². The Hall–Kier alpha value is -4.14. The lowest BCUT2D eigenvalue weighted by molar-refractivity contribution is -0.133. The van der Waals surface area contributed by atoms with Crippen molar-refractivity contribution in [3.05, 3.63) is 65.5 Å². The van der Waals surface area contributed by atoms with Crippen molar-refractivity contribution in [2.45, 2.75) is 26.1 Å². The van der Waals surface area contributed by atoms with Gasteiger partial charge in [0.1, 0.15) is 6.04 Å². The maximum absolute atomic E-state index is 12.4. The van der Waals surface area contributed by atoms with Crippen LogP contribution in [-0.4, -0.2) is 64.8 Å². The number of carbonyl (C=O) groups is 2. The number of carbonyl (C=O) groups excluding carboxylic acids is 2. The minimum absolute atomic E-state index is 0.314. The summed E-state index contributed by atoms with van der Waals surface area (Å²) in [7, 11) is 3.09. The van der Waals surface area contributed by atoms with Gasteiger partial charge in [-0.25, -0.2) is 15.2 Å². The van der Waals surface area contributed by atoms with Crippen LogP contribution >= 0.6 is 0 Å². The molecule has 0 unspecified atom stereocenters. The summed E-state index contributed by atoms with van der Waals surface area (Å²) >= 11 is 0. The van der Waals surface area contributed by atoms with Gasteiger partial charge < -0.3 is 14.8 Å². The molecule has 0 radical (unpaired) electrons. The molecule has 1 saturated heterocycles. The summed E-state index contributed by atoms with van der Waals surface area (Å²) < 4.78 is 2.22. The molecule has 3 amide bonds. The van der Waals surface area contributed by atoms with Crippen LogP contribution < -0.4 is 10.7 Å². The topological polar surface area (TPSA) is 94.3 Å². The van der Waals surface area contributed by atoms with Crippen molar-refractivity contribution in [1.29, 1.82) is 0 Å². The molecule has 3 heterocycles. The monoisotopic (exact) mass is 443 g/mol. The Labute approximate surface area is 191 Å². The largest absolute Gasteiger partial charge is 0.340 e. The van der Waals surface area contributed by atoms with E-state index < -0.39 is 12.2 Å². The van der Waals surface area contributed by atoms with E-state index in [1.807, 2.05) is 12.1 Å². The number of hydrogen-bond acceptors (Lipinski definition) is 6. The van der Waals surface area contributed by atoms with Crippen LogP contribution in [0.1, 0.15) is 17.0 Å². The standard InChI is InChI=1S/C24H25N7O2/c1-14-12-17(15(2)31(14)19-11-7-9-16-8-5-6-10-18(16)19)13-25-28-23-26-20-21(27-23)29(3)24(33)30(4)22(20)32/h5-13,20-21H,1-4H3,(H2,26,27,28)/b25-13-/t20-,21-/m1/s1. The number of aromatic nitrogens is 1. The summed E-state index contributed by atoms with van der Waals surface area (Å²) in [6.45, 7) is 4.13. The number of aliphatic imine (C=N–C) groups is 1. The van der Waals surface area contributed by atoms with E-state index in [0.29, 0.717) is 5.96 Å². The molecule has 2 aliphatic rings. The second-order valence-corrected chi connectivity index (χ2v) is 8.33. The highest BCUT2D eigenvalue weighted by molar-refractivity contribution is 6.03. The SMILES string of the molecule is Cc1cc(/C=N\NC2=N[C@H]3[C@@H](N2)C(=O)N(C)C(=O)N3C)c(C)n1-c1cccc2ccccc12. The van der Waals surface area contributed by atoms with E-state index in [4.69, 9.17) is 0 Å². The first-order chi connectivity index (χ1) is 15.9. The smallest absolute Gasteiger partial charge is 0.328 e. The number of hydrogen-bond donors (Lipinski definition) is 2. The molecule has 2 aromatic carbocycles. The van der Waals surface area contributed by atoms with Gasteiger partial charge in [-0.2, -0.15) is 5.10 Å². The molecule has 168 valence electrons. The molecule has 0 spiro atoms. The van der Waals surface area contributed by atoms with Crippen molar-refractivity contribution in [3.63, 3.8) is 0 Å². The predicted molar refractivity (Wildman–Crippen MR) is 128 cm³/mol. The molecular formula is C24H25N7O2. The van der Waals surface area contributed by atoms with E-state index in [1.54, 1.807) is 13.3 Å². The van der Waals surface area contributed by atoms with Crippen molar-refractivity contribution < 1.29 is 9.59 Å². The third-order valence-electron chi connectivity index (χ3n) is 6.29. The van der Waals surface area contributed by atoms with Gasteiger partial charge in [0.25, 0.3) is 5.91 Å². The molecule has 2 N–H and O–H groups in total. The van der Waals surface area contributed by atoms with Crippen LogP contribution in [-0.2, 0) is 4.79 Å². The second-order valence-electron chi connectivity index (χ2n) is 8.33. The fraction of sp³-hybridized carbons (Fsp3) is 0.250. The van der Waals surface area contributed by atoms with E-state index in [0.717, 1.165) is 27.5 Å². The normalized spacial score (nSPS) is 20.4. The summed E-state index contributed by atoms with van der Waals surface area (Å²) in [6.07, 6.45) is 1.15. The zero-order valence-electron chi connectivity index (χ0n) is 18.9. The van der Waals surface area contributed by atoms with E-state index in [-0.39, 0.29) is 11.9 Å². The van der Waals surface area contributed by atoms with Crippen molar-refractivity contribution >= 4 is 34.9 Å². The molecule has 9 nitrogen and oxygen atoms in total. The molecule has 0 saturated carbocycles. The van der Waals surface area contributed by atoms with E-state index in [9.17, 15) is 9.59 Å². The molecule has 9 heteroatoms. The summed E-state index contributed by atoms with van der Waals surface area (Å²) in [5, 5.41) is 9.73. The molecule has 0 bridgehead atoms. The zero-order chi connectivity index (χ0) is 23.3. The van der Waals surface area contributed by atoms with Gasteiger partial charge >= 0.3 is 6.03 Å². The Bertz CT molecular complexity index is 1330. The zero-order valence-corrected chi connectivity index (χ0v) is 18.9. The number of urea groups is 1. The number of hydrazone groups is 1. The maximum Gasteiger partial charge on any atom is 0.328 e. The molecule has 2 atom stereocenters. The van der Waals surface area contributed by atoms with Crippen LogP contribution in [0.2, 0.25) is 0 Å². The van der Waals surface area contributed by atoms with Crippen molar-refractivity contribution in [1.82, 2.24) is 25.1 Å². The number of rotatable bonds is 3. The number of imide groups is 1. The molecule has 2 aliphatic heterocycles. The minimum atomic E-state index is -0.619. The van der Waals surface area contributed by atoms with Gasteiger partial charge in [-0.15, -0.1) is 0 Å². The summed E-state index contributed by atoms with van der Waals surface area (Å²) in [5.41, 5.74) is 7.12. The van der Waals surface area contributed by atoms with Gasteiger partial charge in [0.15, 0.2) is 6.17 Å². The highest BCUT2D eigenvalue weighted by Crippen LogP contribution is 2.27. The molecule has 1 fully saturated rings. The third-order valence-corrected chi connectivity index (χ3v) is 6.29. The fourth-order valence-corrected chi connectivity index (χ4v) is 4.53. The first-order valence-electron chi connectivity index (χ1n) is 10.7. The molecule has 1 aromatic heterocycles.